The third-order valence-electron chi connectivity index (χ3n) is 2.96. The summed E-state index contributed by atoms with van der Waals surface area (Å²) in [6.45, 7) is 4.99. The van der Waals surface area contributed by atoms with Crippen molar-refractivity contribution in [1.82, 2.24) is 5.32 Å². The number of hydrogen-bond acceptors (Lipinski definition) is 2. The standard InChI is InChI=1S/C14H25NO2/c1-12(2)10-11-15-14(16)17-13-8-6-4-3-5-7-9-13/h6,8,12-13H,3-5,7,9-11H2,1-2H3,(H,15,16). The molecule has 3 nitrogen and oxygen atoms in total. The minimum Gasteiger partial charge on any atom is -0.442 e. The second kappa shape index (κ2) is 8.15. The SMILES string of the molecule is CC(C)CCNC(=O)OC1C=CCCCCC1. The van der Waals surface area contributed by atoms with Crippen molar-refractivity contribution >= 4 is 6.09 Å². The lowest BCUT2D eigenvalue weighted by Gasteiger charge is -2.16. The number of nitrogens with one attached hydrogen (secondary N) is 1. The first-order valence-electron chi connectivity index (χ1n) is 6.79. The lowest BCUT2D eigenvalue weighted by Crippen LogP contribution is -2.29. The number of hydrogen-bond donors (Lipinski definition) is 1. The first-order valence-corrected chi connectivity index (χ1v) is 6.79. The maximum absolute atomic E-state index is 11.5. The predicted octanol–water partition coefficient (Wildman–Crippen LogP) is 3.65. The Balaban J connectivity index is 2.21. The normalized spacial score (nSPS) is 20.8. The van der Waals surface area contributed by atoms with Gasteiger partial charge in [-0.05, 0) is 44.1 Å². The number of carbonyl (C=O) groups excluding carboxylic acids is 1. The van der Waals surface area contributed by atoms with E-state index in [9.17, 15) is 4.79 Å². The lowest BCUT2D eigenvalue weighted by molar-refractivity contribution is 0.113. The van der Waals surface area contributed by atoms with Gasteiger partial charge in [0.15, 0.2) is 0 Å². The lowest BCUT2D eigenvalue weighted by atomic mass is 10.0. The van der Waals surface area contributed by atoms with Crippen LogP contribution >= 0.6 is 0 Å². The Kier molecular flexibility index (Phi) is 6.75. The molecule has 1 N–H and O–H groups in total. The fraction of sp³-hybridized carbons (Fsp3) is 0.786. The molecule has 0 aliphatic heterocycles. The molecular formula is C14H25NO2. The fourth-order valence-corrected chi connectivity index (χ4v) is 1.87. The molecule has 98 valence electrons. The second-order valence-electron chi connectivity index (χ2n) is 5.12. The average molecular weight is 239 g/mol. The summed E-state index contributed by atoms with van der Waals surface area (Å²) < 4.78 is 5.37. The van der Waals surface area contributed by atoms with E-state index in [-0.39, 0.29) is 12.2 Å². The number of allylic oxidation sites excluding steroid dienone is 1. The number of carbonyl (C=O) groups is 1. The maximum atomic E-state index is 11.5. The monoisotopic (exact) mass is 239 g/mol. The van der Waals surface area contributed by atoms with Gasteiger partial charge in [-0.1, -0.05) is 26.3 Å². The van der Waals surface area contributed by atoms with Crippen LogP contribution in [0.5, 0.6) is 0 Å². The minimum atomic E-state index is -0.277. The zero-order chi connectivity index (χ0) is 12.5. The van der Waals surface area contributed by atoms with Gasteiger partial charge in [-0.15, -0.1) is 0 Å². The van der Waals surface area contributed by atoms with Gasteiger partial charge < -0.3 is 10.1 Å². The van der Waals surface area contributed by atoms with Crippen molar-refractivity contribution in [2.45, 2.75) is 58.5 Å². The summed E-state index contributed by atoms with van der Waals surface area (Å²) in [7, 11) is 0. The van der Waals surface area contributed by atoms with E-state index in [1.54, 1.807) is 0 Å². The van der Waals surface area contributed by atoms with Crippen LogP contribution < -0.4 is 5.32 Å². The molecule has 0 spiro atoms. The summed E-state index contributed by atoms with van der Waals surface area (Å²) in [5, 5.41) is 2.80. The molecular weight excluding hydrogens is 214 g/mol. The van der Waals surface area contributed by atoms with E-state index in [4.69, 9.17) is 4.74 Å². The Hall–Kier alpha value is -0.990. The summed E-state index contributed by atoms with van der Waals surface area (Å²) in [6, 6.07) is 0. The van der Waals surface area contributed by atoms with E-state index in [1.807, 2.05) is 6.08 Å². The minimum absolute atomic E-state index is 0.0330. The summed E-state index contributed by atoms with van der Waals surface area (Å²) in [4.78, 5) is 11.5. The quantitative estimate of drug-likeness (QED) is 0.760. The van der Waals surface area contributed by atoms with Crippen LogP contribution in [0.25, 0.3) is 0 Å². The van der Waals surface area contributed by atoms with Crippen LogP contribution in [-0.2, 0) is 4.74 Å². The van der Waals surface area contributed by atoms with Crippen molar-refractivity contribution in [2.24, 2.45) is 5.92 Å². The molecule has 0 aromatic carbocycles. The highest BCUT2D eigenvalue weighted by molar-refractivity contribution is 5.67. The molecule has 0 aromatic rings. The molecule has 1 aliphatic rings. The molecule has 0 fully saturated rings. The van der Waals surface area contributed by atoms with Crippen LogP contribution in [-0.4, -0.2) is 18.7 Å². The van der Waals surface area contributed by atoms with Crippen molar-refractivity contribution < 1.29 is 9.53 Å². The highest BCUT2D eigenvalue weighted by Crippen LogP contribution is 2.14. The van der Waals surface area contributed by atoms with Crippen LogP contribution in [0.15, 0.2) is 12.2 Å². The van der Waals surface area contributed by atoms with E-state index in [2.05, 4.69) is 25.2 Å². The molecule has 0 saturated heterocycles. The van der Waals surface area contributed by atoms with Crippen molar-refractivity contribution in [3.8, 4) is 0 Å². The smallest absolute Gasteiger partial charge is 0.407 e. The molecule has 1 unspecified atom stereocenters. The van der Waals surface area contributed by atoms with Gasteiger partial charge in [0.2, 0.25) is 0 Å². The van der Waals surface area contributed by atoms with E-state index >= 15 is 0 Å². The molecule has 1 aliphatic carbocycles. The molecule has 0 bridgehead atoms. The molecule has 1 amide bonds. The van der Waals surface area contributed by atoms with E-state index in [1.165, 1.54) is 12.8 Å². The molecule has 1 atom stereocenters. The maximum Gasteiger partial charge on any atom is 0.407 e. The summed E-state index contributed by atoms with van der Waals surface area (Å²) in [5.74, 6) is 0.608. The number of rotatable bonds is 4. The van der Waals surface area contributed by atoms with Crippen molar-refractivity contribution in [3.63, 3.8) is 0 Å². The summed E-state index contributed by atoms with van der Waals surface area (Å²) >= 11 is 0. The predicted molar refractivity (Wildman–Crippen MR) is 70.0 cm³/mol. The number of ether oxygens (including phenoxy) is 1. The van der Waals surface area contributed by atoms with E-state index < -0.39 is 0 Å². The zero-order valence-corrected chi connectivity index (χ0v) is 11.1. The van der Waals surface area contributed by atoms with Crippen LogP contribution in [0, 0.1) is 5.92 Å². The highest BCUT2D eigenvalue weighted by Gasteiger charge is 2.12. The Labute approximate surface area is 105 Å². The first kappa shape index (κ1) is 14.1. The van der Waals surface area contributed by atoms with E-state index in [0.717, 1.165) is 25.7 Å². The second-order valence-corrected chi connectivity index (χ2v) is 5.12. The van der Waals surface area contributed by atoms with Gasteiger partial charge in [0.25, 0.3) is 0 Å². The van der Waals surface area contributed by atoms with Gasteiger partial charge >= 0.3 is 6.09 Å². The third-order valence-corrected chi connectivity index (χ3v) is 2.96. The van der Waals surface area contributed by atoms with Crippen LogP contribution in [0.4, 0.5) is 4.79 Å². The van der Waals surface area contributed by atoms with Gasteiger partial charge in [0.05, 0.1) is 0 Å². The number of alkyl carbamates (subject to hydrolysis) is 1. The zero-order valence-electron chi connectivity index (χ0n) is 11.1. The van der Waals surface area contributed by atoms with Gasteiger partial charge in [0, 0.05) is 6.54 Å². The fourth-order valence-electron chi connectivity index (χ4n) is 1.87. The first-order chi connectivity index (χ1) is 8.18. The van der Waals surface area contributed by atoms with Gasteiger partial charge in [0.1, 0.15) is 6.10 Å². The average Bonchev–Trinajstić information content (AvgIpc) is 2.21. The molecule has 0 saturated carbocycles. The van der Waals surface area contributed by atoms with Crippen molar-refractivity contribution in [3.05, 3.63) is 12.2 Å². The van der Waals surface area contributed by atoms with Crippen molar-refractivity contribution in [1.29, 1.82) is 0 Å². The molecule has 1 rings (SSSR count). The van der Waals surface area contributed by atoms with Gasteiger partial charge in [-0.3, -0.25) is 0 Å². The molecule has 0 aromatic heterocycles. The summed E-state index contributed by atoms with van der Waals surface area (Å²) in [5.41, 5.74) is 0. The van der Waals surface area contributed by atoms with Gasteiger partial charge in [-0.2, -0.15) is 0 Å². The Morgan fingerprint density at radius 1 is 1.41 bits per heavy atom. The molecule has 17 heavy (non-hydrogen) atoms. The van der Waals surface area contributed by atoms with Crippen LogP contribution in [0.2, 0.25) is 0 Å². The van der Waals surface area contributed by atoms with Crippen LogP contribution in [0.3, 0.4) is 0 Å². The Bertz CT molecular complexity index is 249. The summed E-state index contributed by atoms with van der Waals surface area (Å²) in [6.07, 6.45) is 10.5. The third kappa shape index (κ3) is 7.03. The molecule has 3 heteroatoms. The Morgan fingerprint density at radius 3 is 3.00 bits per heavy atom. The molecule has 0 heterocycles. The topological polar surface area (TPSA) is 38.3 Å². The van der Waals surface area contributed by atoms with Crippen molar-refractivity contribution in [2.75, 3.05) is 6.54 Å². The molecule has 0 radical (unpaired) electrons. The largest absolute Gasteiger partial charge is 0.442 e. The van der Waals surface area contributed by atoms with Crippen LogP contribution in [0.1, 0.15) is 52.4 Å². The van der Waals surface area contributed by atoms with E-state index in [0.29, 0.717) is 12.5 Å². The van der Waals surface area contributed by atoms with Gasteiger partial charge in [-0.25, -0.2) is 4.79 Å². The highest BCUT2D eigenvalue weighted by atomic mass is 16.6. The number of amides is 1. The Morgan fingerprint density at radius 2 is 2.24 bits per heavy atom.